The fourth-order valence-electron chi connectivity index (χ4n) is 1.74. The number of nitrogens with zero attached hydrogens (tertiary/aromatic N) is 1. The standard InChI is InChI=1S/C14H23FN2O/c1-4-6-11(3)18-14-13(15)12(7-9-17-14)10-16-8-5-2/h7,9,11,16H,4-6,8,10H2,1-3H3. The van der Waals surface area contributed by atoms with Crippen LogP contribution in [0.3, 0.4) is 0 Å². The zero-order valence-corrected chi connectivity index (χ0v) is 11.5. The molecule has 0 amide bonds. The summed E-state index contributed by atoms with van der Waals surface area (Å²) < 4.78 is 19.6. The normalized spacial score (nSPS) is 12.4. The van der Waals surface area contributed by atoms with Gasteiger partial charge in [0.2, 0.25) is 0 Å². The first kappa shape index (κ1) is 14.9. The van der Waals surface area contributed by atoms with Gasteiger partial charge in [0.25, 0.3) is 5.88 Å². The highest BCUT2D eigenvalue weighted by atomic mass is 19.1. The smallest absolute Gasteiger partial charge is 0.250 e. The first-order valence-corrected chi connectivity index (χ1v) is 6.69. The summed E-state index contributed by atoms with van der Waals surface area (Å²) >= 11 is 0. The van der Waals surface area contributed by atoms with Gasteiger partial charge in [0.15, 0.2) is 5.82 Å². The quantitative estimate of drug-likeness (QED) is 0.723. The highest BCUT2D eigenvalue weighted by Gasteiger charge is 2.13. The molecule has 102 valence electrons. The van der Waals surface area contributed by atoms with Gasteiger partial charge in [-0.05, 0) is 32.4 Å². The van der Waals surface area contributed by atoms with Crippen LogP contribution < -0.4 is 10.1 Å². The molecule has 0 aliphatic carbocycles. The van der Waals surface area contributed by atoms with Gasteiger partial charge in [-0.3, -0.25) is 0 Å². The number of halogens is 1. The topological polar surface area (TPSA) is 34.2 Å². The molecule has 4 heteroatoms. The number of pyridine rings is 1. The summed E-state index contributed by atoms with van der Waals surface area (Å²) in [4.78, 5) is 3.96. The Bertz CT molecular complexity index is 358. The third-order valence-corrected chi connectivity index (χ3v) is 2.69. The van der Waals surface area contributed by atoms with Gasteiger partial charge in [0.05, 0.1) is 6.10 Å². The summed E-state index contributed by atoms with van der Waals surface area (Å²) in [7, 11) is 0. The van der Waals surface area contributed by atoms with Crippen molar-refractivity contribution in [3.63, 3.8) is 0 Å². The van der Waals surface area contributed by atoms with Crippen molar-refractivity contribution < 1.29 is 9.13 Å². The van der Waals surface area contributed by atoms with Crippen LogP contribution in [0.15, 0.2) is 12.3 Å². The van der Waals surface area contributed by atoms with Crippen molar-refractivity contribution in [2.45, 2.75) is 52.7 Å². The third-order valence-electron chi connectivity index (χ3n) is 2.69. The summed E-state index contributed by atoms with van der Waals surface area (Å²) in [5.74, 6) is -0.226. The Hall–Kier alpha value is -1.16. The largest absolute Gasteiger partial charge is 0.473 e. The van der Waals surface area contributed by atoms with Crippen molar-refractivity contribution >= 4 is 0 Å². The summed E-state index contributed by atoms with van der Waals surface area (Å²) in [6.45, 7) is 7.49. The maximum Gasteiger partial charge on any atom is 0.250 e. The Morgan fingerprint density at radius 1 is 1.39 bits per heavy atom. The van der Waals surface area contributed by atoms with Gasteiger partial charge < -0.3 is 10.1 Å². The van der Waals surface area contributed by atoms with E-state index >= 15 is 0 Å². The Kier molecular flexibility index (Phi) is 6.65. The molecule has 1 heterocycles. The molecule has 0 radical (unpaired) electrons. The molecule has 0 aromatic carbocycles. The third kappa shape index (κ3) is 4.61. The zero-order valence-electron chi connectivity index (χ0n) is 11.5. The summed E-state index contributed by atoms with van der Waals surface area (Å²) in [5.41, 5.74) is 0.608. The number of aromatic nitrogens is 1. The number of rotatable bonds is 8. The minimum Gasteiger partial charge on any atom is -0.473 e. The molecule has 0 saturated carbocycles. The van der Waals surface area contributed by atoms with E-state index in [-0.39, 0.29) is 17.8 Å². The number of nitrogens with one attached hydrogen (secondary N) is 1. The van der Waals surface area contributed by atoms with Crippen LogP contribution in [0.5, 0.6) is 5.88 Å². The maximum absolute atomic E-state index is 14.1. The maximum atomic E-state index is 14.1. The van der Waals surface area contributed by atoms with E-state index in [4.69, 9.17) is 4.74 Å². The molecular weight excluding hydrogens is 231 g/mol. The molecule has 0 spiro atoms. The SMILES string of the molecule is CCCNCc1ccnc(OC(C)CCC)c1F. The highest BCUT2D eigenvalue weighted by molar-refractivity contribution is 5.23. The van der Waals surface area contributed by atoms with E-state index in [2.05, 4.69) is 24.1 Å². The summed E-state index contributed by atoms with van der Waals surface area (Å²) in [5, 5.41) is 3.17. The predicted molar refractivity (Wildman–Crippen MR) is 71.2 cm³/mol. The predicted octanol–water partition coefficient (Wildman–Crippen LogP) is 3.29. The fraction of sp³-hybridized carbons (Fsp3) is 0.643. The van der Waals surface area contributed by atoms with Crippen LogP contribution >= 0.6 is 0 Å². The zero-order chi connectivity index (χ0) is 13.4. The van der Waals surface area contributed by atoms with Crippen molar-refractivity contribution in [3.05, 3.63) is 23.6 Å². The molecule has 0 bridgehead atoms. The monoisotopic (exact) mass is 254 g/mol. The van der Waals surface area contributed by atoms with Crippen molar-refractivity contribution in [2.75, 3.05) is 6.54 Å². The molecular formula is C14H23FN2O. The first-order valence-electron chi connectivity index (χ1n) is 6.69. The van der Waals surface area contributed by atoms with Crippen LogP contribution in [0.4, 0.5) is 4.39 Å². The second kappa shape index (κ2) is 8.03. The molecule has 3 nitrogen and oxygen atoms in total. The van der Waals surface area contributed by atoms with Gasteiger partial charge in [-0.1, -0.05) is 20.3 Å². The lowest BCUT2D eigenvalue weighted by Gasteiger charge is -2.14. The number of hydrogen-bond donors (Lipinski definition) is 1. The molecule has 0 aliphatic rings. The fourth-order valence-corrected chi connectivity index (χ4v) is 1.74. The molecule has 1 unspecified atom stereocenters. The van der Waals surface area contributed by atoms with E-state index in [1.807, 2.05) is 6.92 Å². The van der Waals surface area contributed by atoms with Gasteiger partial charge in [-0.15, -0.1) is 0 Å². The van der Waals surface area contributed by atoms with E-state index in [0.29, 0.717) is 12.1 Å². The van der Waals surface area contributed by atoms with Gasteiger partial charge in [0, 0.05) is 18.3 Å². The van der Waals surface area contributed by atoms with E-state index in [0.717, 1.165) is 25.8 Å². The van der Waals surface area contributed by atoms with Gasteiger partial charge in [-0.25, -0.2) is 9.37 Å². The molecule has 1 rings (SSSR count). The molecule has 0 saturated heterocycles. The lowest BCUT2D eigenvalue weighted by atomic mass is 10.2. The molecule has 1 N–H and O–H groups in total. The molecule has 18 heavy (non-hydrogen) atoms. The van der Waals surface area contributed by atoms with Crippen LogP contribution in [0, 0.1) is 5.82 Å². The first-order chi connectivity index (χ1) is 8.69. The molecule has 1 atom stereocenters. The Balaban J connectivity index is 2.65. The Morgan fingerprint density at radius 3 is 2.83 bits per heavy atom. The summed E-state index contributed by atoms with van der Waals surface area (Å²) in [6, 6.07) is 1.69. The minimum absolute atomic E-state index is 0.00384. The average Bonchev–Trinajstić information content (AvgIpc) is 2.34. The highest BCUT2D eigenvalue weighted by Crippen LogP contribution is 2.19. The molecule has 0 aliphatic heterocycles. The van der Waals surface area contributed by atoms with Gasteiger partial charge in [0.1, 0.15) is 0 Å². The Morgan fingerprint density at radius 2 is 2.17 bits per heavy atom. The lowest BCUT2D eigenvalue weighted by molar-refractivity contribution is 0.191. The molecule has 0 fully saturated rings. The van der Waals surface area contributed by atoms with Crippen LogP contribution in [0.1, 0.15) is 45.6 Å². The van der Waals surface area contributed by atoms with Crippen molar-refractivity contribution in [2.24, 2.45) is 0 Å². The van der Waals surface area contributed by atoms with E-state index in [1.54, 1.807) is 12.3 Å². The van der Waals surface area contributed by atoms with Crippen LogP contribution in [-0.2, 0) is 6.54 Å². The number of hydrogen-bond acceptors (Lipinski definition) is 3. The average molecular weight is 254 g/mol. The van der Waals surface area contributed by atoms with Crippen molar-refractivity contribution in [1.82, 2.24) is 10.3 Å². The minimum atomic E-state index is -0.343. The van der Waals surface area contributed by atoms with E-state index < -0.39 is 0 Å². The van der Waals surface area contributed by atoms with Gasteiger partial charge >= 0.3 is 0 Å². The van der Waals surface area contributed by atoms with Crippen LogP contribution in [0.25, 0.3) is 0 Å². The van der Waals surface area contributed by atoms with Crippen molar-refractivity contribution in [3.8, 4) is 5.88 Å². The number of ether oxygens (including phenoxy) is 1. The summed E-state index contributed by atoms with van der Waals surface area (Å²) in [6.07, 6.45) is 4.54. The second-order valence-electron chi connectivity index (χ2n) is 4.48. The van der Waals surface area contributed by atoms with Crippen LogP contribution in [0.2, 0.25) is 0 Å². The lowest BCUT2D eigenvalue weighted by Crippen LogP contribution is -2.17. The second-order valence-corrected chi connectivity index (χ2v) is 4.48. The van der Waals surface area contributed by atoms with E-state index in [1.165, 1.54) is 0 Å². The van der Waals surface area contributed by atoms with Crippen molar-refractivity contribution in [1.29, 1.82) is 0 Å². The molecule has 1 aromatic heterocycles. The Labute approximate surface area is 109 Å². The molecule has 1 aromatic rings. The van der Waals surface area contributed by atoms with Crippen LogP contribution in [-0.4, -0.2) is 17.6 Å². The van der Waals surface area contributed by atoms with Gasteiger partial charge in [-0.2, -0.15) is 0 Å². The van der Waals surface area contributed by atoms with E-state index in [9.17, 15) is 4.39 Å².